The monoisotopic (exact) mass is 468 g/mol. The summed E-state index contributed by atoms with van der Waals surface area (Å²) in [6.07, 6.45) is 1.63. The van der Waals surface area contributed by atoms with E-state index in [-0.39, 0.29) is 18.7 Å². The van der Waals surface area contributed by atoms with Gasteiger partial charge in [-0.25, -0.2) is 4.79 Å². The van der Waals surface area contributed by atoms with Gasteiger partial charge < -0.3 is 19.8 Å². The number of benzene rings is 1. The summed E-state index contributed by atoms with van der Waals surface area (Å²) in [6.45, 7) is 3.18. The molecule has 0 radical (unpaired) electrons. The zero-order valence-corrected chi connectivity index (χ0v) is 18.4. The van der Waals surface area contributed by atoms with E-state index in [0.717, 1.165) is 0 Å². The largest absolute Gasteiger partial charge is 0.462 e. The van der Waals surface area contributed by atoms with Gasteiger partial charge in [0.15, 0.2) is 4.80 Å². The number of rotatable bonds is 6. The molecular weight excluding hydrogens is 448 g/mol. The Kier molecular flexibility index (Phi) is 6.50. The number of carbonyl (C=O) groups excluding carboxylic acids is 3. The molecule has 170 valence electrons. The van der Waals surface area contributed by atoms with Gasteiger partial charge in [0.2, 0.25) is 0 Å². The van der Waals surface area contributed by atoms with Crippen LogP contribution in [0.1, 0.15) is 28.8 Å². The molecule has 0 atom stereocenters. The topological polar surface area (TPSA) is 132 Å². The minimum atomic E-state index is -0.859. The van der Waals surface area contributed by atoms with Crippen molar-refractivity contribution in [2.45, 2.75) is 20.0 Å². The van der Waals surface area contributed by atoms with Crippen molar-refractivity contribution in [1.29, 1.82) is 0 Å². The third-order valence-electron chi connectivity index (χ3n) is 4.70. The third kappa shape index (κ3) is 5.09. The molecule has 2 amide bonds. The SMILES string of the molecule is CCOC(=O)c1ccc(NC(=O)C(=O)NCc2ccc(/C=c3\sc4n(c3=O)CCN=4)o2)cc1. The van der Waals surface area contributed by atoms with Crippen LogP contribution in [-0.4, -0.2) is 35.5 Å². The Hall–Kier alpha value is -3.99. The van der Waals surface area contributed by atoms with E-state index < -0.39 is 17.8 Å². The Bertz CT molecular complexity index is 1380. The number of fused-ring (bicyclic) bond motifs is 1. The molecule has 11 heteroatoms. The number of hydrogen-bond donors (Lipinski definition) is 2. The number of anilines is 1. The van der Waals surface area contributed by atoms with E-state index in [9.17, 15) is 19.2 Å². The molecule has 3 heterocycles. The average Bonchev–Trinajstić information content (AvgIpc) is 3.52. The summed E-state index contributed by atoms with van der Waals surface area (Å²) in [5.41, 5.74) is 0.599. The predicted molar refractivity (Wildman–Crippen MR) is 119 cm³/mol. The van der Waals surface area contributed by atoms with Gasteiger partial charge in [-0.2, -0.15) is 0 Å². The van der Waals surface area contributed by atoms with Crippen LogP contribution < -0.4 is 25.5 Å². The van der Waals surface area contributed by atoms with Gasteiger partial charge in [0.25, 0.3) is 5.56 Å². The quantitative estimate of drug-likeness (QED) is 0.398. The van der Waals surface area contributed by atoms with Crippen LogP contribution in [0.5, 0.6) is 0 Å². The fourth-order valence-electron chi connectivity index (χ4n) is 3.10. The summed E-state index contributed by atoms with van der Waals surface area (Å²) in [6, 6.07) is 9.33. The molecule has 0 unspecified atom stereocenters. The highest BCUT2D eigenvalue weighted by molar-refractivity contribution is 7.07. The Morgan fingerprint density at radius 1 is 1.18 bits per heavy atom. The fraction of sp³-hybridized carbons (Fsp3) is 0.227. The van der Waals surface area contributed by atoms with Crippen molar-refractivity contribution in [3.8, 4) is 0 Å². The van der Waals surface area contributed by atoms with Crippen LogP contribution in [0.4, 0.5) is 5.69 Å². The number of amides is 2. The smallest absolute Gasteiger partial charge is 0.338 e. The average molecular weight is 468 g/mol. The first-order valence-corrected chi connectivity index (χ1v) is 11.0. The second kappa shape index (κ2) is 9.65. The molecule has 1 aliphatic heterocycles. The fourth-order valence-corrected chi connectivity index (χ4v) is 4.11. The Morgan fingerprint density at radius 2 is 1.97 bits per heavy atom. The number of nitrogens with one attached hydrogen (secondary N) is 2. The number of furan rings is 1. The molecule has 0 fully saturated rings. The highest BCUT2D eigenvalue weighted by Gasteiger charge is 2.15. The maximum absolute atomic E-state index is 12.3. The molecule has 0 spiro atoms. The van der Waals surface area contributed by atoms with Gasteiger partial charge in [-0.1, -0.05) is 11.3 Å². The van der Waals surface area contributed by atoms with Crippen molar-refractivity contribution in [2.24, 2.45) is 4.99 Å². The summed E-state index contributed by atoms with van der Waals surface area (Å²) >= 11 is 1.30. The van der Waals surface area contributed by atoms with E-state index in [1.807, 2.05) is 0 Å². The summed E-state index contributed by atoms with van der Waals surface area (Å²) in [4.78, 5) is 53.1. The van der Waals surface area contributed by atoms with Crippen LogP contribution in [0.25, 0.3) is 6.08 Å². The van der Waals surface area contributed by atoms with Crippen molar-refractivity contribution < 1.29 is 23.5 Å². The number of esters is 1. The summed E-state index contributed by atoms with van der Waals surface area (Å²) in [5, 5.41) is 4.93. The molecule has 10 nitrogen and oxygen atoms in total. The van der Waals surface area contributed by atoms with Gasteiger partial charge in [-0.15, -0.1) is 0 Å². The number of thiazole rings is 1. The highest BCUT2D eigenvalue weighted by Crippen LogP contribution is 2.11. The molecular formula is C22H20N4O6S. The van der Waals surface area contributed by atoms with Gasteiger partial charge >= 0.3 is 17.8 Å². The van der Waals surface area contributed by atoms with Crippen LogP contribution in [0, 0.1) is 0 Å². The molecule has 0 aliphatic carbocycles. The van der Waals surface area contributed by atoms with Gasteiger partial charge in [0, 0.05) is 18.3 Å². The first-order chi connectivity index (χ1) is 15.9. The standard InChI is InChI=1S/C22H20N4O6S/c1-2-31-21(30)13-3-5-14(6-4-13)25-19(28)18(27)24-12-16-8-7-15(32-16)11-17-20(29)26-10-9-23-22(26)33-17/h3-8,11H,2,9-10,12H2,1H3,(H,24,27)(H,25,28)/b17-11-. The maximum Gasteiger partial charge on any atom is 0.338 e. The zero-order chi connectivity index (χ0) is 23.4. The summed E-state index contributed by atoms with van der Waals surface area (Å²) in [7, 11) is 0. The molecule has 1 aliphatic rings. The van der Waals surface area contributed by atoms with E-state index >= 15 is 0 Å². The van der Waals surface area contributed by atoms with E-state index in [0.29, 0.717) is 45.2 Å². The molecule has 3 aromatic rings. The first kappa shape index (κ1) is 22.2. The molecule has 0 saturated heterocycles. The zero-order valence-electron chi connectivity index (χ0n) is 17.6. The van der Waals surface area contributed by atoms with E-state index in [4.69, 9.17) is 9.15 Å². The maximum atomic E-state index is 12.3. The number of carbonyl (C=O) groups is 3. The lowest BCUT2D eigenvalue weighted by Gasteiger charge is -2.06. The van der Waals surface area contributed by atoms with Crippen molar-refractivity contribution in [1.82, 2.24) is 9.88 Å². The summed E-state index contributed by atoms with van der Waals surface area (Å²) in [5.74, 6) is -1.28. The third-order valence-corrected chi connectivity index (χ3v) is 5.74. The number of nitrogens with zero attached hydrogens (tertiary/aromatic N) is 2. The van der Waals surface area contributed by atoms with Crippen LogP contribution in [-0.2, 0) is 27.4 Å². The highest BCUT2D eigenvalue weighted by atomic mass is 32.1. The van der Waals surface area contributed by atoms with Crippen LogP contribution in [0.2, 0.25) is 0 Å². The number of hydrogen-bond acceptors (Lipinski definition) is 8. The minimum Gasteiger partial charge on any atom is -0.462 e. The molecule has 4 rings (SSSR count). The van der Waals surface area contributed by atoms with E-state index in [1.165, 1.54) is 35.6 Å². The molecule has 33 heavy (non-hydrogen) atoms. The van der Waals surface area contributed by atoms with Gasteiger partial charge in [0.05, 0.1) is 29.8 Å². The predicted octanol–water partition coefficient (Wildman–Crippen LogP) is 0.396. The van der Waals surface area contributed by atoms with E-state index in [2.05, 4.69) is 15.6 Å². The van der Waals surface area contributed by atoms with Gasteiger partial charge in [-0.3, -0.25) is 23.9 Å². The van der Waals surface area contributed by atoms with Gasteiger partial charge in [-0.05, 0) is 43.3 Å². The number of aromatic nitrogens is 1. The van der Waals surface area contributed by atoms with Crippen molar-refractivity contribution in [3.63, 3.8) is 0 Å². The first-order valence-electron chi connectivity index (χ1n) is 10.2. The minimum absolute atomic E-state index is 0.00283. The van der Waals surface area contributed by atoms with Crippen molar-refractivity contribution in [2.75, 3.05) is 18.5 Å². The van der Waals surface area contributed by atoms with Crippen molar-refractivity contribution >= 4 is 40.9 Å². The summed E-state index contributed by atoms with van der Waals surface area (Å²) < 4.78 is 12.7. The molecule has 1 aromatic carbocycles. The van der Waals surface area contributed by atoms with Crippen molar-refractivity contribution in [3.05, 3.63) is 73.2 Å². The van der Waals surface area contributed by atoms with E-state index in [1.54, 1.807) is 29.7 Å². The van der Waals surface area contributed by atoms with Crippen LogP contribution in [0.15, 0.2) is 50.6 Å². The lowest BCUT2D eigenvalue weighted by atomic mass is 10.2. The molecule has 2 aromatic heterocycles. The number of ether oxygens (including phenoxy) is 1. The van der Waals surface area contributed by atoms with Crippen LogP contribution in [0.3, 0.4) is 0 Å². The normalized spacial score (nSPS) is 12.7. The molecule has 0 bridgehead atoms. The lowest BCUT2D eigenvalue weighted by Crippen LogP contribution is -2.34. The lowest BCUT2D eigenvalue weighted by molar-refractivity contribution is -0.136. The van der Waals surface area contributed by atoms with Gasteiger partial charge in [0.1, 0.15) is 11.5 Å². The Morgan fingerprint density at radius 3 is 2.70 bits per heavy atom. The molecule has 0 saturated carbocycles. The Labute approximate surface area is 191 Å². The Balaban J connectivity index is 1.32. The second-order valence-corrected chi connectivity index (χ2v) is 7.98. The molecule has 2 N–H and O–H groups in total. The van der Waals surface area contributed by atoms with Crippen LogP contribution >= 0.6 is 11.3 Å². The second-order valence-electron chi connectivity index (χ2n) is 6.97.